The molecule has 2 amide bonds. The summed E-state index contributed by atoms with van der Waals surface area (Å²) in [5.74, 6) is -3.08. The third kappa shape index (κ3) is 5.43. The van der Waals surface area contributed by atoms with E-state index in [-0.39, 0.29) is 95.0 Å². The number of benzene rings is 4. The Morgan fingerprint density at radius 1 is 0.432 bits per heavy atom. The molecule has 44 heavy (non-hydrogen) atoms. The van der Waals surface area contributed by atoms with Crippen LogP contribution in [0.2, 0.25) is 50.2 Å². The monoisotopic (exact) mass is 786 g/mol. The van der Waals surface area contributed by atoms with Crippen LogP contribution >= 0.6 is 116 Å². The summed E-state index contributed by atoms with van der Waals surface area (Å²) in [5, 5.41) is 2.75. The molecule has 0 aromatic heterocycles. The van der Waals surface area contributed by atoms with Gasteiger partial charge in [-0.05, 0) is 12.1 Å². The zero-order valence-corrected chi connectivity index (χ0v) is 28.4. The number of hydrogen-bond donors (Lipinski definition) is 2. The maximum Gasteiger partial charge on any atom is 0.258 e. The molecule has 0 fully saturated rings. The van der Waals surface area contributed by atoms with Crippen molar-refractivity contribution in [1.29, 1.82) is 0 Å². The lowest BCUT2D eigenvalue weighted by atomic mass is 9.82. The van der Waals surface area contributed by atoms with Gasteiger partial charge in [0.2, 0.25) is 0 Å². The van der Waals surface area contributed by atoms with Crippen molar-refractivity contribution in [1.82, 2.24) is 0 Å². The van der Waals surface area contributed by atoms with Crippen LogP contribution in [0, 0.1) is 0 Å². The van der Waals surface area contributed by atoms with Gasteiger partial charge in [-0.2, -0.15) is 0 Å². The second-order valence-electron chi connectivity index (χ2n) is 8.91. The summed E-state index contributed by atoms with van der Waals surface area (Å²) in [7, 11) is 0. The largest absolute Gasteiger partial charge is 0.321 e. The predicted octanol–water partition coefficient (Wildman–Crippen LogP) is 11.5. The number of fused-ring (bicyclic) bond motifs is 2. The molecule has 0 saturated carbocycles. The Morgan fingerprint density at radius 2 is 0.727 bits per heavy atom. The zero-order chi connectivity index (χ0) is 32.4. The fraction of sp³-hybridized carbons (Fsp3) is 0. The number of ketones is 2. The summed E-state index contributed by atoms with van der Waals surface area (Å²) in [4.78, 5) is 54.3. The topological polar surface area (TPSA) is 92.3 Å². The van der Waals surface area contributed by atoms with E-state index in [0.29, 0.717) is 0 Å². The van der Waals surface area contributed by atoms with E-state index in [9.17, 15) is 19.2 Å². The molecule has 0 heterocycles. The molecule has 6 nitrogen and oxygen atoms in total. The first-order valence-electron chi connectivity index (χ1n) is 11.7. The molecule has 4 aromatic carbocycles. The third-order valence-electron chi connectivity index (χ3n) is 6.44. The molecule has 0 saturated heterocycles. The van der Waals surface area contributed by atoms with Crippen LogP contribution in [0.25, 0.3) is 0 Å². The van der Waals surface area contributed by atoms with Crippen LogP contribution in [0.15, 0.2) is 36.4 Å². The maximum atomic E-state index is 14.0. The van der Waals surface area contributed by atoms with Crippen molar-refractivity contribution in [3.05, 3.63) is 120 Å². The first kappa shape index (κ1) is 33.4. The quantitative estimate of drug-likeness (QED) is 0.140. The fourth-order valence-electron chi connectivity index (χ4n) is 4.43. The van der Waals surface area contributed by atoms with Crippen molar-refractivity contribution in [3.63, 3.8) is 0 Å². The van der Waals surface area contributed by atoms with Crippen LogP contribution in [0.1, 0.15) is 52.6 Å². The Labute approximate surface area is 298 Å². The smallest absolute Gasteiger partial charge is 0.258 e. The lowest BCUT2D eigenvalue weighted by molar-refractivity contribution is 0.0978. The Balaban J connectivity index is 1.58. The average molecular weight is 791 g/mol. The predicted molar refractivity (Wildman–Crippen MR) is 179 cm³/mol. The van der Waals surface area contributed by atoms with Crippen molar-refractivity contribution in [2.45, 2.75) is 0 Å². The molecule has 224 valence electrons. The lowest BCUT2D eigenvalue weighted by Gasteiger charge is -2.23. The molecule has 0 radical (unpaired) electrons. The molecule has 1 aliphatic carbocycles. The summed E-state index contributed by atoms with van der Waals surface area (Å²) in [6.07, 6.45) is 0. The van der Waals surface area contributed by atoms with Crippen LogP contribution in [0.5, 0.6) is 0 Å². The van der Waals surface area contributed by atoms with Gasteiger partial charge >= 0.3 is 0 Å². The van der Waals surface area contributed by atoms with Crippen LogP contribution < -0.4 is 10.6 Å². The first-order valence-corrected chi connectivity index (χ1v) is 15.5. The molecule has 1 aliphatic rings. The molecule has 16 heteroatoms. The normalized spacial score (nSPS) is 12.1. The van der Waals surface area contributed by atoms with E-state index in [1.165, 1.54) is 36.4 Å². The minimum atomic E-state index is -0.901. The third-order valence-corrected chi connectivity index (χ3v) is 11.0. The number of hydrogen-bond acceptors (Lipinski definition) is 4. The lowest BCUT2D eigenvalue weighted by Crippen LogP contribution is -2.26. The summed E-state index contributed by atoms with van der Waals surface area (Å²) >= 11 is 61.5. The fourth-order valence-corrected chi connectivity index (χ4v) is 7.05. The minimum absolute atomic E-state index is 0.0181. The minimum Gasteiger partial charge on any atom is -0.321 e. The molecule has 0 bridgehead atoms. The Hall–Kier alpha value is -1.94. The van der Waals surface area contributed by atoms with Crippen LogP contribution in [-0.4, -0.2) is 23.4 Å². The van der Waals surface area contributed by atoms with Gasteiger partial charge in [0.1, 0.15) is 0 Å². The van der Waals surface area contributed by atoms with E-state index in [4.69, 9.17) is 116 Å². The van der Waals surface area contributed by atoms with Crippen molar-refractivity contribution in [2.75, 3.05) is 10.6 Å². The van der Waals surface area contributed by atoms with E-state index < -0.39 is 23.4 Å². The van der Waals surface area contributed by atoms with Gasteiger partial charge in [0.15, 0.2) is 11.6 Å². The first-order chi connectivity index (χ1) is 20.7. The van der Waals surface area contributed by atoms with Crippen molar-refractivity contribution in [2.24, 2.45) is 0 Å². The molecule has 0 aliphatic heterocycles. The van der Waals surface area contributed by atoms with Gasteiger partial charge in [0.25, 0.3) is 11.8 Å². The number of amides is 2. The molecule has 0 atom stereocenters. The standard InChI is InChI=1S/C28H8Cl10N2O4/c29-15-13(16(30)20(34)23(37)19(15)33)27(43)39-9-5-1-3-7-11(9)26(42)12-8(25(7)41)4-2-6-10(12)40-28(44)14-17(31)21(35)24(38)22(36)18(14)32/h1-6H,(H,39,43)(H,40,44). The van der Waals surface area contributed by atoms with E-state index in [1.807, 2.05) is 0 Å². The highest BCUT2D eigenvalue weighted by Gasteiger charge is 2.35. The Kier molecular flexibility index (Phi) is 9.64. The van der Waals surface area contributed by atoms with Crippen molar-refractivity contribution in [3.8, 4) is 0 Å². The molecule has 0 unspecified atom stereocenters. The molecular formula is C28H8Cl10N2O4. The van der Waals surface area contributed by atoms with Gasteiger partial charge in [0.05, 0.1) is 83.9 Å². The van der Waals surface area contributed by atoms with E-state index >= 15 is 0 Å². The van der Waals surface area contributed by atoms with Crippen LogP contribution in [0.4, 0.5) is 11.4 Å². The number of rotatable bonds is 4. The van der Waals surface area contributed by atoms with Crippen LogP contribution in [-0.2, 0) is 0 Å². The number of nitrogens with one attached hydrogen (secondary N) is 2. The molecule has 0 spiro atoms. The Bertz CT molecular complexity index is 1810. The van der Waals surface area contributed by atoms with E-state index in [2.05, 4.69) is 10.6 Å². The van der Waals surface area contributed by atoms with Gasteiger partial charge in [-0.25, -0.2) is 0 Å². The summed E-state index contributed by atoms with van der Waals surface area (Å²) in [5.41, 5.74) is -1.17. The number of halogens is 10. The van der Waals surface area contributed by atoms with Gasteiger partial charge in [-0.1, -0.05) is 140 Å². The summed E-state index contributed by atoms with van der Waals surface area (Å²) in [6.45, 7) is 0. The average Bonchev–Trinajstić information content (AvgIpc) is 2.99. The summed E-state index contributed by atoms with van der Waals surface area (Å²) < 4.78 is 0. The van der Waals surface area contributed by atoms with Gasteiger partial charge in [0, 0.05) is 11.1 Å². The number of carbonyl (C=O) groups is 4. The second-order valence-corrected chi connectivity index (χ2v) is 12.7. The zero-order valence-electron chi connectivity index (χ0n) is 20.9. The highest BCUT2D eigenvalue weighted by Crippen LogP contribution is 2.46. The molecule has 4 aromatic rings. The molecule has 5 rings (SSSR count). The van der Waals surface area contributed by atoms with E-state index in [0.717, 1.165) is 0 Å². The van der Waals surface area contributed by atoms with Gasteiger partial charge in [-0.3, -0.25) is 19.2 Å². The SMILES string of the molecule is O=C1c2cccc(NC(=O)c3c(Cl)c(Cl)c(Cl)c(Cl)c3Cl)c2C(=O)c2c(NC(=O)c3c(Cl)c(Cl)c(Cl)c(Cl)c3Cl)cccc21. The highest BCUT2D eigenvalue weighted by molar-refractivity contribution is 6.58. The highest BCUT2D eigenvalue weighted by atomic mass is 35.5. The second kappa shape index (κ2) is 12.7. The Morgan fingerprint density at radius 3 is 1.05 bits per heavy atom. The van der Waals surface area contributed by atoms with Gasteiger partial charge in [-0.15, -0.1) is 0 Å². The number of anilines is 2. The summed E-state index contributed by atoms with van der Waals surface area (Å²) in [6, 6.07) is 8.50. The number of carbonyl (C=O) groups excluding carboxylic acids is 4. The van der Waals surface area contributed by atoms with E-state index in [1.54, 1.807) is 0 Å². The van der Waals surface area contributed by atoms with Crippen molar-refractivity contribution < 1.29 is 19.2 Å². The molecular weight excluding hydrogens is 783 g/mol. The van der Waals surface area contributed by atoms with Crippen molar-refractivity contribution >= 4 is 151 Å². The maximum absolute atomic E-state index is 14.0. The van der Waals surface area contributed by atoms with Crippen LogP contribution in [0.3, 0.4) is 0 Å². The van der Waals surface area contributed by atoms with Gasteiger partial charge < -0.3 is 10.6 Å². The molecule has 2 N–H and O–H groups in total.